The molecule has 4 nitrogen and oxygen atoms in total. The quantitative estimate of drug-likeness (QED) is 0.919. The van der Waals surface area contributed by atoms with Crippen LogP contribution in [-0.2, 0) is 0 Å². The second-order valence-electron chi connectivity index (χ2n) is 5.71. The first-order chi connectivity index (χ1) is 10.1. The molecule has 1 saturated heterocycles. The highest BCUT2D eigenvalue weighted by atomic mass is 15.3. The average Bonchev–Trinajstić information content (AvgIpc) is 2.51. The summed E-state index contributed by atoms with van der Waals surface area (Å²) in [5.41, 5.74) is 10.4. The SMILES string of the molecule is Cc1ccc(C)c(N2CCN(c3ccc(N)cn3)CC2)c1. The van der Waals surface area contributed by atoms with Gasteiger partial charge >= 0.3 is 0 Å². The van der Waals surface area contributed by atoms with Gasteiger partial charge in [-0.1, -0.05) is 12.1 Å². The van der Waals surface area contributed by atoms with Gasteiger partial charge in [-0.3, -0.25) is 0 Å². The summed E-state index contributed by atoms with van der Waals surface area (Å²) in [4.78, 5) is 9.20. The molecule has 0 unspecified atom stereocenters. The molecule has 2 N–H and O–H groups in total. The van der Waals surface area contributed by atoms with Gasteiger partial charge in [0.2, 0.25) is 0 Å². The zero-order chi connectivity index (χ0) is 14.8. The highest BCUT2D eigenvalue weighted by Crippen LogP contribution is 2.24. The largest absolute Gasteiger partial charge is 0.397 e. The van der Waals surface area contributed by atoms with Gasteiger partial charge < -0.3 is 15.5 Å². The fourth-order valence-corrected chi connectivity index (χ4v) is 2.82. The maximum atomic E-state index is 5.70. The van der Waals surface area contributed by atoms with E-state index in [-0.39, 0.29) is 0 Å². The molecule has 0 aliphatic carbocycles. The molecule has 0 atom stereocenters. The first-order valence-electron chi connectivity index (χ1n) is 7.42. The Hall–Kier alpha value is -2.23. The molecule has 1 aliphatic heterocycles. The molecule has 0 saturated carbocycles. The van der Waals surface area contributed by atoms with Crippen LogP contribution in [0.15, 0.2) is 36.5 Å². The maximum absolute atomic E-state index is 5.70. The molecule has 1 aromatic heterocycles. The minimum absolute atomic E-state index is 0.716. The van der Waals surface area contributed by atoms with Crippen LogP contribution in [0.4, 0.5) is 17.2 Å². The van der Waals surface area contributed by atoms with Crippen molar-refractivity contribution in [3.63, 3.8) is 0 Å². The Labute approximate surface area is 126 Å². The van der Waals surface area contributed by atoms with Crippen LogP contribution in [0, 0.1) is 13.8 Å². The van der Waals surface area contributed by atoms with E-state index in [9.17, 15) is 0 Å². The Kier molecular flexibility index (Phi) is 3.69. The van der Waals surface area contributed by atoms with E-state index in [1.54, 1.807) is 6.20 Å². The summed E-state index contributed by atoms with van der Waals surface area (Å²) in [6.45, 7) is 8.36. The average molecular weight is 282 g/mol. The number of hydrogen-bond acceptors (Lipinski definition) is 4. The lowest BCUT2D eigenvalue weighted by Crippen LogP contribution is -2.47. The first kappa shape index (κ1) is 13.7. The third-order valence-corrected chi connectivity index (χ3v) is 4.08. The second-order valence-corrected chi connectivity index (χ2v) is 5.71. The molecular formula is C17H22N4. The Morgan fingerprint density at radius 2 is 1.67 bits per heavy atom. The Bertz CT molecular complexity index is 613. The minimum Gasteiger partial charge on any atom is -0.397 e. The predicted molar refractivity (Wildman–Crippen MR) is 89.0 cm³/mol. The molecule has 1 aliphatic rings. The normalized spacial score (nSPS) is 15.3. The molecule has 0 amide bonds. The summed E-state index contributed by atoms with van der Waals surface area (Å²) in [5, 5.41) is 0. The van der Waals surface area contributed by atoms with Gasteiger partial charge in [-0.15, -0.1) is 0 Å². The lowest BCUT2D eigenvalue weighted by atomic mass is 10.1. The molecule has 1 fully saturated rings. The van der Waals surface area contributed by atoms with Crippen LogP contribution in [0.3, 0.4) is 0 Å². The van der Waals surface area contributed by atoms with Crippen molar-refractivity contribution < 1.29 is 0 Å². The number of pyridine rings is 1. The van der Waals surface area contributed by atoms with Gasteiger partial charge in [-0.25, -0.2) is 4.98 Å². The van der Waals surface area contributed by atoms with E-state index in [1.165, 1.54) is 16.8 Å². The molecular weight excluding hydrogens is 260 g/mol. The lowest BCUT2D eigenvalue weighted by Gasteiger charge is -2.37. The summed E-state index contributed by atoms with van der Waals surface area (Å²) in [6.07, 6.45) is 1.73. The molecule has 0 bridgehead atoms. The van der Waals surface area contributed by atoms with E-state index < -0.39 is 0 Å². The molecule has 110 valence electrons. The van der Waals surface area contributed by atoms with Crippen LogP contribution in [0.1, 0.15) is 11.1 Å². The highest BCUT2D eigenvalue weighted by Gasteiger charge is 2.19. The predicted octanol–water partition coefficient (Wildman–Crippen LogP) is 2.61. The standard InChI is InChI=1S/C17H22N4/c1-13-3-4-14(2)16(11-13)20-7-9-21(10-8-20)17-6-5-15(18)12-19-17/h3-6,11-12H,7-10,18H2,1-2H3. The van der Waals surface area contributed by atoms with E-state index in [2.05, 4.69) is 46.8 Å². The van der Waals surface area contributed by atoms with Gasteiger partial charge in [0.25, 0.3) is 0 Å². The number of hydrogen-bond donors (Lipinski definition) is 1. The van der Waals surface area contributed by atoms with Crippen LogP contribution >= 0.6 is 0 Å². The molecule has 1 aromatic carbocycles. The molecule has 21 heavy (non-hydrogen) atoms. The summed E-state index contributed by atoms with van der Waals surface area (Å²) >= 11 is 0. The third kappa shape index (κ3) is 2.94. The number of piperazine rings is 1. The minimum atomic E-state index is 0.716. The van der Waals surface area contributed by atoms with Crippen LogP contribution in [0.5, 0.6) is 0 Å². The summed E-state index contributed by atoms with van der Waals surface area (Å²) < 4.78 is 0. The van der Waals surface area contributed by atoms with E-state index in [1.807, 2.05) is 12.1 Å². The summed E-state index contributed by atoms with van der Waals surface area (Å²) in [5.74, 6) is 1.02. The number of nitrogen functional groups attached to an aromatic ring is 1. The number of nitrogens with two attached hydrogens (primary N) is 1. The van der Waals surface area contributed by atoms with Gasteiger partial charge in [-0.05, 0) is 43.2 Å². The Morgan fingerprint density at radius 1 is 0.952 bits per heavy atom. The number of rotatable bonds is 2. The van der Waals surface area contributed by atoms with Crippen molar-refractivity contribution in [1.29, 1.82) is 0 Å². The van der Waals surface area contributed by atoms with Crippen molar-refractivity contribution in [1.82, 2.24) is 4.98 Å². The zero-order valence-corrected chi connectivity index (χ0v) is 12.7. The molecule has 0 radical (unpaired) electrons. The lowest BCUT2D eigenvalue weighted by molar-refractivity contribution is 0.646. The van der Waals surface area contributed by atoms with Gasteiger partial charge in [0.15, 0.2) is 0 Å². The number of aryl methyl sites for hydroxylation is 2. The number of anilines is 3. The van der Waals surface area contributed by atoms with Crippen molar-refractivity contribution in [2.45, 2.75) is 13.8 Å². The third-order valence-electron chi connectivity index (χ3n) is 4.08. The molecule has 2 aromatic rings. The molecule has 3 rings (SSSR count). The fraction of sp³-hybridized carbons (Fsp3) is 0.353. The summed E-state index contributed by atoms with van der Waals surface area (Å²) in [6, 6.07) is 10.6. The van der Waals surface area contributed by atoms with Crippen molar-refractivity contribution >= 4 is 17.2 Å². The van der Waals surface area contributed by atoms with Crippen LogP contribution in [0.25, 0.3) is 0 Å². The molecule has 2 heterocycles. The molecule has 0 spiro atoms. The Morgan fingerprint density at radius 3 is 2.33 bits per heavy atom. The number of benzene rings is 1. The van der Waals surface area contributed by atoms with E-state index in [0.29, 0.717) is 5.69 Å². The van der Waals surface area contributed by atoms with Crippen molar-refractivity contribution in [2.24, 2.45) is 0 Å². The van der Waals surface area contributed by atoms with Crippen LogP contribution in [0.2, 0.25) is 0 Å². The second kappa shape index (κ2) is 5.64. The van der Waals surface area contributed by atoms with Crippen molar-refractivity contribution in [3.8, 4) is 0 Å². The van der Waals surface area contributed by atoms with Gasteiger partial charge in [0.1, 0.15) is 5.82 Å². The fourth-order valence-electron chi connectivity index (χ4n) is 2.82. The van der Waals surface area contributed by atoms with Gasteiger partial charge in [0, 0.05) is 31.9 Å². The van der Waals surface area contributed by atoms with Crippen molar-refractivity contribution in [3.05, 3.63) is 47.7 Å². The maximum Gasteiger partial charge on any atom is 0.128 e. The first-order valence-corrected chi connectivity index (χ1v) is 7.42. The van der Waals surface area contributed by atoms with E-state index in [0.717, 1.165) is 32.0 Å². The zero-order valence-electron chi connectivity index (χ0n) is 12.7. The van der Waals surface area contributed by atoms with Gasteiger partial charge in [-0.2, -0.15) is 0 Å². The highest BCUT2D eigenvalue weighted by molar-refractivity contribution is 5.56. The Balaban J connectivity index is 1.70. The molecule has 4 heteroatoms. The topological polar surface area (TPSA) is 45.4 Å². The monoisotopic (exact) mass is 282 g/mol. The number of nitrogens with zero attached hydrogens (tertiary/aromatic N) is 3. The van der Waals surface area contributed by atoms with Crippen LogP contribution in [-0.4, -0.2) is 31.2 Å². The smallest absolute Gasteiger partial charge is 0.128 e. The summed E-state index contributed by atoms with van der Waals surface area (Å²) in [7, 11) is 0. The van der Waals surface area contributed by atoms with E-state index in [4.69, 9.17) is 5.73 Å². The van der Waals surface area contributed by atoms with Crippen LogP contribution < -0.4 is 15.5 Å². The van der Waals surface area contributed by atoms with E-state index >= 15 is 0 Å². The van der Waals surface area contributed by atoms with Gasteiger partial charge in [0.05, 0.1) is 11.9 Å². The van der Waals surface area contributed by atoms with Crippen molar-refractivity contribution in [2.75, 3.05) is 41.7 Å². The number of aromatic nitrogens is 1.